The van der Waals surface area contributed by atoms with Gasteiger partial charge in [0.2, 0.25) is 5.95 Å². The Hall–Kier alpha value is -3.92. The Labute approximate surface area is 191 Å². The molecule has 33 heavy (non-hydrogen) atoms. The minimum atomic E-state index is -0.527. The van der Waals surface area contributed by atoms with E-state index in [2.05, 4.69) is 25.3 Å². The molecule has 0 radical (unpaired) electrons. The summed E-state index contributed by atoms with van der Waals surface area (Å²) in [5.74, 6) is 0.471. The Kier molecular flexibility index (Phi) is 6.27. The van der Waals surface area contributed by atoms with Gasteiger partial charge < -0.3 is 21.1 Å². The maximum atomic E-state index is 12.7. The number of anilines is 2. The summed E-state index contributed by atoms with van der Waals surface area (Å²) in [7, 11) is 1.78. The number of nitrogens with one attached hydrogen (secondary N) is 2. The van der Waals surface area contributed by atoms with Crippen LogP contribution in [0.1, 0.15) is 35.3 Å². The van der Waals surface area contributed by atoms with Crippen LogP contribution in [0, 0.1) is 5.41 Å². The maximum absolute atomic E-state index is 12.7. The average molecular weight is 447 g/mol. The molecule has 1 aromatic carbocycles. The minimum absolute atomic E-state index is 0.00556. The van der Waals surface area contributed by atoms with Crippen molar-refractivity contribution in [2.75, 3.05) is 30.8 Å². The van der Waals surface area contributed by atoms with Crippen LogP contribution in [-0.4, -0.2) is 57.0 Å². The summed E-state index contributed by atoms with van der Waals surface area (Å²) in [6, 6.07) is 7.90. The summed E-state index contributed by atoms with van der Waals surface area (Å²) in [4.78, 5) is 30.9. The number of nitrogens with two attached hydrogens (primary N) is 1. The van der Waals surface area contributed by atoms with Gasteiger partial charge in [0.15, 0.2) is 0 Å². The smallest absolute Gasteiger partial charge is 0.276 e. The lowest BCUT2D eigenvalue weighted by Crippen LogP contribution is -2.50. The summed E-state index contributed by atoms with van der Waals surface area (Å²) in [6.45, 7) is 0.409. The molecule has 0 atom stereocenters. The van der Waals surface area contributed by atoms with Crippen LogP contribution >= 0.6 is 0 Å². The van der Waals surface area contributed by atoms with Crippen molar-refractivity contribution in [1.29, 1.82) is 5.41 Å². The number of aromatic nitrogens is 4. The number of carbonyl (C=O) groups excluding carboxylic acids is 1. The van der Waals surface area contributed by atoms with Gasteiger partial charge in [0.1, 0.15) is 17.3 Å². The molecule has 1 aliphatic rings. The molecule has 0 aliphatic heterocycles. The molecule has 10 heteroatoms. The highest BCUT2D eigenvalue weighted by molar-refractivity contribution is 6.08. The van der Waals surface area contributed by atoms with Crippen LogP contribution in [0.4, 0.5) is 11.8 Å². The van der Waals surface area contributed by atoms with Crippen LogP contribution in [-0.2, 0) is 5.41 Å². The first-order valence-corrected chi connectivity index (χ1v) is 10.7. The molecule has 1 aliphatic carbocycles. The number of rotatable bonds is 7. The number of aliphatic hydroxyl groups excluding tert-OH is 1. The van der Waals surface area contributed by atoms with E-state index in [1.165, 1.54) is 12.4 Å². The van der Waals surface area contributed by atoms with Gasteiger partial charge in [-0.15, -0.1) is 0 Å². The Morgan fingerprint density at radius 3 is 2.33 bits per heavy atom. The van der Waals surface area contributed by atoms with Crippen molar-refractivity contribution in [1.82, 2.24) is 25.3 Å². The van der Waals surface area contributed by atoms with E-state index < -0.39 is 11.3 Å². The van der Waals surface area contributed by atoms with E-state index in [4.69, 9.17) is 16.2 Å². The number of carbonyl (C=O) groups is 1. The molecule has 1 fully saturated rings. The fourth-order valence-electron chi connectivity index (χ4n) is 3.88. The summed E-state index contributed by atoms with van der Waals surface area (Å²) in [5.41, 5.74) is 7.95. The third-order valence-corrected chi connectivity index (χ3v) is 6.06. The Balaban J connectivity index is 1.47. The maximum Gasteiger partial charge on any atom is 0.276 e. The molecule has 0 saturated heterocycles. The predicted molar refractivity (Wildman–Crippen MR) is 125 cm³/mol. The Bertz CT molecular complexity index is 1130. The summed E-state index contributed by atoms with van der Waals surface area (Å²) >= 11 is 0. The van der Waals surface area contributed by atoms with Gasteiger partial charge in [-0.3, -0.25) is 10.2 Å². The van der Waals surface area contributed by atoms with Crippen molar-refractivity contribution in [3.63, 3.8) is 0 Å². The van der Waals surface area contributed by atoms with Crippen LogP contribution in [0.25, 0.3) is 11.1 Å². The molecule has 1 amide bonds. The molecule has 10 nitrogen and oxygen atoms in total. The molecule has 4 rings (SSSR count). The number of amides is 1. The summed E-state index contributed by atoms with van der Waals surface area (Å²) in [5, 5.41) is 20.4. The molecule has 1 saturated carbocycles. The average Bonchev–Trinajstić information content (AvgIpc) is 2.79. The second-order valence-corrected chi connectivity index (χ2v) is 8.08. The highest BCUT2D eigenvalue weighted by atomic mass is 16.3. The second kappa shape index (κ2) is 9.29. The minimum Gasteiger partial charge on any atom is -0.395 e. The SMILES string of the molecule is CN(CCO)c1cnc(C(=O)NC(=N)C2(c3ccc(-c4cnc(N)nc4)cc3)CCC2)cn1. The molecular formula is C23H26N8O2. The number of hydrogen-bond acceptors (Lipinski definition) is 9. The highest BCUT2D eigenvalue weighted by Crippen LogP contribution is 2.44. The van der Waals surface area contributed by atoms with Crippen molar-refractivity contribution in [3.8, 4) is 11.1 Å². The lowest BCUT2D eigenvalue weighted by molar-refractivity contribution is 0.0967. The topological polar surface area (TPSA) is 154 Å². The quantitative estimate of drug-likeness (QED) is 0.316. The number of nitrogens with zero attached hydrogens (tertiary/aromatic N) is 5. The summed E-state index contributed by atoms with van der Waals surface area (Å²) < 4.78 is 0. The lowest BCUT2D eigenvalue weighted by atomic mass is 9.63. The molecule has 0 spiro atoms. The van der Waals surface area contributed by atoms with Crippen LogP contribution in [0.3, 0.4) is 0 Å². The molecule has 2 heterocycles. The zero-order chi connectivity index (χ0) is 23.4. The van der Waals surface area contributed by atoms with Crippen molar-refractivity contribution >= 4 is 23.5 Å². The first-order chi connectivity index (χ1) is 15.9. The number of nitrogen functional groups attached to an aromatic ring is 1. The van der Waals surface area contributed by atoms with E-state index in [1.54, 1.807) is 24.3 Å². The van der Waals surface area contributed by atoms with Gasteiger partial charge in [-0.05, 0) is 24.0 Å². The van der Waals surface area contributed by atoms with E-state index in [0.717, 1.165) is 36.0 Å². The van der Waals surface area contributed by atoms with E-state index >= 15 is 0 Å². The number of benzene rings is 1. The van der Waals surface area contributed by atoms with Gasteiger partial charge in [0, 0.05) is 31.5 Å². The predicted octanol–water partition coefficient (Wildman–Crippen LogP) is 1.77. The van der Waals surface area contributed by atoms with E-state index in [1.807, 2.05) is 24.3 Å². The van der Waals surface area contributed by atoms with Crippen LogP contribution in [0.5, 0.6) is 0 Å². The molecule has 0 bridgehead atoms. The third-order valence-electron chi connectivity index (χ3n) is 6.06. The monoisotopic (exact) mass is 446 g/mol. The number of aliphatic hydroxyl groups is 1. The number of amidine groups is 1. The van der Waals surface area contributed by atoms with Gasteiger partial charge in [-0.2, -0.15) is 0 Å². The zero-order valence-corrected chi connectivity index (χ0v) is 18.3. The van der Waals surface area contributed by atoms with Crippen molar-refractivity contribution in [2.24, 2.45) is 0 Å². The third kappa shape index (κ3) is 4.51. The first kappa shape index (κ1) is 22.3. The van der Waals surface area contributed by atoms with E-state index in [9.17, 15) is 4.79 Å². The Morgan fingerprint density at radius 2 is 1.79 bits per heavy atom. The fraction of sp³-hybridized carbons (Fsp3) is 0.304. The van der Waals surface area contributed by atoms with Crippen LogP contribution in [0.15, 0.2) is 49.1 Å². The second-order valence-electron chi connectivity index (χ2n) is 8.08. The lowest BCUT2D eigenvalue weighted by Gasteiger charge is -2.42. The molecule has 2 aromatic heterocycles. The highest BCUT2D eigenvalue weighted by Gasteiger charge is 2.43. The first-order valence-electron chi connectivity index (χ1n) is 10.7. The van der Waals surface area contributed by atoms with Gasteiger partial charge >= 0.3 is 0 Å². The van der Waals surface area contributed by atoms with Crippen LogP contribution < -0.4 is 16.0 Å². The molecule has 170 valence electrons. The number of hydrogen-bond donors (Lipinski definition) is 4. The molecular weight excluding hydrogens is 420 g/mol. The van der Waals surface area contributed by atoms with Crippen LogP contribution in [0.2, 0.25) is 0 Å². The van der Waals surface area contributed by atoms with Gasteiger partial charge in [-0.25, -0.2) is 19.9 Å². The molecule has 0 unspecified atom stereocenters. The normalized spacial score (nSPS) is 14.2. The Morgan fingerprint density at radius 1 is 1.09 bits per heavy atom. The summed E-state index contributed by atoms with van der Waals surface area (Å²) in [6.07, 6.45) is 8.76. The van der Waals surface area contributed by atoms with Crippen molar-refractivity contribution < 1.29 is 9.90 Å². The van der Waals surface area contributed by atoms with Crippen molar-refractivity contribution in [3.05, 3.63) is 60.3 Å². The van der Waals surface area contributed by atoms with Crippen molar-refractivity contribution in [2.45, 2.75) is 24.7 Å². The van der Waals surface area contributed by atoms with Gasteiger partial charge in [-0.1, -0.05) is 30.7 Å². The van der Waals surface area contributed by atoms with Gasteiger partial charge in [0.05, 0.1) is 24.4 Å². The zero-order valence-electron chi connectivity index (χ0n) is 18.3. The molecule has 3 aromatic rings. The van der Waals surface area contributed by atoms with E-state index in [0.29, 0.717) is 12.4 Å². The van der Waals surface area contributed by atoms with E-state index in [-0.39, 0.29) is 24.1 Å². The molecule has 5 N–H and O–H groups in total. The standard InChI is InChI=1S/C23H26N8O2/c1-31(9-10-32)19-14-26-18(13-27-19)20(33)30-21(24)23(7-2-8-23)17-5-3-15(4-6-17)16-11-28-22(25)29-12-16/h3-6,11-14,32H,2,7-10H2,1H3,(H2,24,30,33)(H2,25,28,29). The van der Waals surface area contributed by atoms with Gasteiger partial charge in [0.25, 0.3) is 5.91 Å². The largest absolute Gasteiger partial charge is 0.395 e. The fourth-order valence-corrected chi connectivity index (χ4v) is 3.88. The number of likely N-dealkylation sites (N-methyl/N-ethyl adjacent to an activating group) is 1.